The number of aromatic amines is 1. The summed E-state index contributed by atoms with van der Waals surface area (Å²) >= 11 is 0. The van der Waals surface area contributed by atoms with Crippen LogP contribution in [0.1, 0.15) is 22.4 Å². The van der Waals surface area contributed by atoms with Crippen molar-refractivity contribution in [2.75, 3.05) is 0 Å². The average Bonchev–Trinajstić information content (AvgIpc) is 2.74. The number of rotatable bonds is 4. The van der Waals surface area contributed by atoms with Crippen molar-refractivity contribution in [2.24, 2.45) is 0 Å². The third-order valence-electron chi connectivity index (χ3n) is 2.68. The molecule has 2 N–H and O–H groups in total. The third kappa shape index (κ3) is 2.70. The van der Waals surface area contributed by atoms with Crippen LogP contribution in [0.2, 0.25) is 0 Å². The molecule has 0 radical (unpaired) electrons. The van der Waals surface area contributed by atoms with E-state index in [4.69, 9.17) is 0 Å². The minimum atomic E-state index is 0.827. The van der Waals surface area contributed by atoms with Crippen molar-refractivity contribution < 1.29 is 0 Å². The number of aryl methyl sites for hydroxylation is 2. The van der Waals surface area contributed by atoms with Gasteiger partial charge in [-0.2, -0.15) is 0 Å². The SMILES string of the molecule is Cc1ccc(CNCc2cnc[nH]2)c(C)c1. The molecule has 84 valence electrons. The summed E-state index contributed by atoms with van der Waals surface area (Å²) in [4.78, 5) is 7.05. The Hall–Kier alpha value is -1.61. The lowest BCUT2D eigenvalue weighted by Crippen LogP contribution is -2.13. The van der Waals surface area contributed by atoms with Gasteiger partial charge in [-0.3, -0.25) is 0 Å². The smallest absolute Gasteiger partial charge is 0.0922 e. The van der Waals surface area contributed by atoms with Crippen LogP contribution in [0, 0.1) is 13.8 Å². The van der Waals surface area contributed by atoms with Gasteiger partial charge < -0.3 is 10.3 Å². The Morgan fingerprint density at radius 1 is 1.25 bits per heavy atom. The summed E-state index contributed by atoms with van der Waals surface area (Å²) in [5, 5.41) is 3.39. The summed E-state index contributed by atoms with van der Waals surface area (Å²) < 4.78 is 0. The van der Waals surface area contributed by atoms with Crippen molar-refractivity contribution in [1.82, 2.24) is 15.3 Å². The molecular weight excluding hydrogens is 198 g/mol. The maximum atomic E-state index is 3.98. The van der Waals surface area contributed by atoms with Gasteiger partial charge in [0.25, 0.3) is 0 Å². The largest absolute Gasteiger partial charge is 0.347 e. The molecule has 3 nitrogen and oxygen atoms in total. The first-order chi connectivity index (χ1) is 7.75. The van der Waals surface area contributed by atoms with E-state index in [1.807, 2.05) is 6.20 Å². The summed E-state index contributed by atoms with van der Waals surface area (Å²) in [6, 6.07) is 6.55. The van der Waals surface area contributed by atoms with Crippen LogP contribution < -0.4 is 5.32 Å². The van der Waals surface area contributed by atoms with E-state index < -0.39 is 0 Å². The molecular formula is C13H17N3. The molecule has 1 aromatic heterocycles. The van der Waals surface area contributed by atoms with Crippen LogP contribution in [0.4, 0.5) is 0 Å². The number of H-pyrrole nitrogens is 1. The number of hydrogen-bond acceptors (Lipinski definition) is 2. The van der Waals surface area contributed by atoms with Gasteiger partial charge in [-0.05, 0) is 25.0 Å². The number of imidazole rings is 1. The predicted octanol–water partition coefficient (Wildman–Crippen LogP) is 2.32. The molecule has 0 saturated heterocycles. The molecule has 0 aliphatic carbocycles. The van der Waals surface area contributed by atoms with E-state index in [0.29, 0.717) is 0 Å². The van der Waals surface area contributed by atoms with Crippen LogP contribution in [0.3, 0.4) is 0 Å². The zero-order chi connectivity index (χ0) is 11.4. The Labute approximate surface area is 95.9 Å². The molecule has 0 spiro atoms. The second kappa shape index (κ2) is 4.94. The fourth-order valence-electron chi connectivity index (χ4n) is 1.76. The zero-order valence-corrected chi connectivity index (χ0v) is 9.75. The van der Waals surface area contributed by atoms with Crippen molar-refractivity contribution in [2.45, 2.75) is 26.9 Å². The Kier molecular flexibility index (Phi) is 3.37. The molecule has 0 amide bonds. The lowest BCUT2D eigenvalue weighted by atomic mass is 10.1. The molecule has 0 fully saturated rings. The number of hydrogen-bond donors (Lipinski definition) is 2. The van der Waals surface area contributed by atoms with E-state index >= 15 is 0 Å². The number of benzene rings is 1. The highest BCUT2D eigenvalue weighted by Crippen LogP contribution is 2.10. The van der Waals surface area contributed by atoms with Crippen molar-refractivity contribution in [3.8, 4) is 0 Å². The molecule has 3 heteroatoms. The molecule has 1 heterocycles. The van der Waals surface area contributed by atoms with Gasteiger partial charge in [-0.1, -0.05) is 23.8 Å². The first-order valence-corrected chi connectivity index (χ1v) is 5.50. The van der Waals surface area contributed by atoms with Crippen molar-refractivity contribution in [3.63, 3.8) is 0 Å². The van der Waals surface area contributed by atoms with Crippen LogP contribution >= 0.6 is 0 Å². The Bertz CT molecular complexity index is 446. The highest BCUT2D eigenvalue weighted by Gasteiger charge is 1.98. The molecule has 2 rings (SSSR count). The third-order valence-corrected chi connectivity index (χ3v) is 2.68. The van der Waals surface area contributed by atoms with E-state index in [2.05, 4.69) is 47.3 Å². The van der Waals surface area contributed by atoms with Crippen LogP contribution in [0.5, 0.6) is 0 Å². The van der Waals surface area contributed by atoms with Gasteiger partial charge in [0.05, 0.1) is 6.33 Å². The van der Waals surface area contributed by atoms with Gasteiger partial charge in [0, 0.05) is 25.0 Å². The lowest BCUT2D eigenvalue weighted by Gasteiger charge is -2.07. The maximum Gasteiger partial charge on any atom is 0.0922 e. The van der Waals surface area contributed by atoms with Gasteiger partial charge >= 0.3 is 0 Å². The highest BCUT2D eigenvalue weighted by molar-refractivity contribution is 5.30. The summed E-state index contributed by atoms with van der Waals surface area (Å²) in [5.74, 6) is 0. The van der Waals surface area contributed by atoms with E-state index in [9.17, 15) is 0 Å². The maximum absolute atomic E-state index is 3.98. The van der Waals surface area contributed by atoms with Crippen LogP contribution in [0.15, 0.2) is 30.7 Å². The van der Waals surface area contributed by atoms with E-state index in [1.165, 1.54) is 16.7 Å². The zero-order valence-electron chi connectivity index (χ0n) is 9.75. The van der Waals surface area contributed by atoms with Crippen LogP contribution in [-0.4, -0.2) is 9.97 Å². The normalized spacial score (nSPS) is 10.6. The monoisotopic (exact) mass is 215 g/mol. The first-order valence-electron chi connectivity index (χ1n) is 5.50. The Morgan fingerprint density at radius 3 is 2.81 bits per heavy atom. The fourth-order valence-corrected chi connectivity index (χ4v) is 1.76. The topological polar surface area (TPSA) is 40.7 Å². The van der Waals surface area contributed by atoms with E-state index in [-0.39, 0.29) is 0 Å². The van der Waals surface area contributed by atoms with Gasteiger partial charge in [-0.15, -0.1) is 0 Å². The molecule has 2 aromatic rings. The Morgan fingerprint density at radius 2 is 2.12 bits per heavy atom. The standard InChI is InChI=1S/C13H17N3/c1-10-3-4-12(11(2)5-10)6-14-7-13-8-15-9-16-13/h3-5,8-9,14H,6-7H2,1-2H3,(H,15,16). The minimum absolute atomic E-state index is 0.827. The Balaban J connectivity index is 1.90. The quantitative estimate of drug-likeness (QED) is 0.821. The molecule has 0 atom stereocenters. The van der Waals surface area contributed by atoms with E-state index in [1.54, 1.807) is 6.33 Å². The average molecular weight is 215 g/mol. The summed E-state index contributed by atoms with van der Waals surface area (Å²) in [5.41, 5.74) is 5.13. The molecule has 1 aromatic carbocycles. The highest BCUT2D eigenvalue weighted by atomic mass is 14.9. The predicted molar refractivity (Wildman–Crippen MR) is 65.0 cm³/mol. The summed E-state index contributed by atoms with van der Waals surface area (Å²) in [7, 11) is 0. The van der Waals surface area contributed by atoms with E-state index in [0.717, 1.165) is 18.8 Å². The molecule has 0 aliphatic rings. The van der Waals surface area contributed by atoms with Crippen LogP contribution in [0.25, 0.3) is 0 Å². The minimum Gasteiger partial charge on any atom is -0.347 e. The van der Waals surface area contributed by atoms with Crippen molar-refractivity contribution in [3.05, 3.63) is 53.1 Å². The van der Waals surface area contributed by atoms with Crippen LogP contribution in [-0.2, 0) is 13.1 Å². The summed E-state index contributed by atoms with van der Waals surface area (Å²) in [6.07, 6.45) is 3.54. The second-order valence-corrected chi connectivity index (χ2v) is 4.11. The van der Waals surface area contributed by atoms with Crippen molar-refractivity contribution >= 4 is 0 Å². The number of aromatic nitrogens is 2. The first kappa shape index (κ1) is 10.9. The molecule has 0 unspecified atom stereocenters. The second-order valence-electron chi connectivity index (χ2n) is 4.11. The lowest BCUT2D eigenvalue weighted by molar-refractivity contribution is 0.680. The number of nitrogens with zero attached hydrogens (tertiary/aromatic N) is 1. The van der Waals surface area contributed by atoms with Crippen molar-refractivity contribution in [1.29, 1.82) is 0 Å². The van der Waals surface area contributed by atoms with Gasteiger partial charge in [-0.25, -0.2) is 4.98 Å². The molecule has 0 bridgehead atoms. The molecule has 16 heavy (non-hydrogen) atoms. The van der Waals surface area contributed by atoms with Gasteiger partial charge in [0.1, 0.15) is 0 Å². The number of nitrogens with one attached hydrogen (secondary N) is 2. The molecule has 0 aliphatic heterocycles. The molecule has 0 saturated carbocycles. The fraction of sp³-hybridized carbons (Fsp3) is 0.308. The van der Waals surface area contributed by atoms with Gasteiger partial charge in [0.2, 0.25) is 0 Å². The van der Waals surface area contributed by atoms with Gasteiger partial charge in [0.15, 0.2) is 0 Å². The summed E-state index contributed by atoms with van der Waals surface area (Å²) in [6.45, 7) is 5.99.